The summed E-state index contributed by atoms with van der Waals surface area (Å²) in [5.74, 6) is 0.147. The normalized spacial score (nSPS) is 15.9. The van der Waals surface area contributed by atoms with Gasteiger partial charge in [-0.2, -0.15) is 13.2 Å². The molecule has 2 aromatic heterocycles. The van der Waals surface area contributed by atoms with E-state index < -0.39 is 11.9 Å². The maximum Gasteiger partial charge on any atom is 0.433 e. The van der Waals surface area contributed by atoms with Crippen molar-refractivity contribution in [1.29, 1.82) is 0 Å². The number of likely N-dealkylation sites (tertiary alicyclic amines) is 1. The minimum atomic E-state index is -4.52. The van der Waals surface area contributed by atoms with Gasteiger partial charge in [0.25, 0.3) is 5.91 Å². The zero-order valence-corrected chi connectivity index (χ0v) is 13.1. The van der Waals surface area contributed by atoms with Crippen LogP contribution < -0.4 is 4.74 Å². The first-order valence-electron chi connectivity index (χ1n) is 7.68. The van der Waals surface area contributed by atoms with Crippen LogP contribution in [-0.4, -0.2) is 45.0 Å². The number of pyridine rings is 1. The fourth-order valence-electron chi connectivity index (χ4n) is 2.57. The number of hydrogen-bond acceptors (Lipinski definition) is 5. The van der Waals surface area contributed by atoms with Gasteiger partial charge in [-0.3, -0.25) is 9.78 Å². The quantitative estimate of drug-likeness (QED) is 0.849. The highest BCUT2D eigenvalue weighted by Crippen LogP contribution is 2.27. The fourth-order valence-corrected chi connectivity index (χ4v) is 2.57. The molecule has 9 heteroatoms. The molecule has 2 aromatic rings. The van der Waals surface area contributed by atoms with E-state index in [1.807, 2.05) is 0 Å². The van der Waals surface area contributed by atoms with Crippen LogP contribution in [0.15, 0.2) is 36.9 Å². The Balaban J connectivity index is 1.56. The first kappa shape index (κ1) is 17.1. The second-order valence-electron chi connectivity index (χ2n) is 5.59. The number of carbonyl (C=O) groups excluding carboxylic acids is 1. The third-order valence-electron chi connectivity index (χ3n) is 3.87. The Kier molecular flexibility index (Phi) is 4.82. The Morgan fingerprint density at radius 2 is 1.92 bits per heavy atom. The number of amides is 1. The molecule has 25 heavy (non-hydrogen) atoms. The highest BCUT2D eigenvalue weighted by Gasteiger charge is 2.32. The molecule has 0 spiro atoms. The zero-order chi connectivity index (χ0) is 17.9. The molecular formula is C16H15F3N4O2. The van der Waals surface area contributed by atoms with Crippen LogP contribution in [0.3, 0.4) is 0 Å². The molecule has 0 bridgehead atoms. The van der Waals surface area contributed by atoms with Crippen LogP contribution in [0.1, 0.15) is 28.9 Å². The lowest BCUT2D eigenvalue weighted by molar-refractivity contribution is -0.141. The molecule has 1 amide bonds. The number of nitrogens with zero attached hydrogens (tertiary/aromatic N) is 4. The van der Waals surface area contributed by atoms with Crippen LogP contribution in [0.5, 0.6) is 5.88 Å². The Hall–Kier alpha value is -2.71. The number of alkyl halides is 3. The summed E-state index contributed by atoms with van der Waals surface area (Å²) in [4.78, 5) is 25.1. The van der Waals surface area contributed by atoms with Crippen LogP contribution in [0.2, 0.25) is 0 Å². The minimum absolute atomic E-state index is 0.0651. The van der Waals surface area contributed by atoms with E-state index in [1.165, 1.54) is 6.33 Å². The highest BCUT2D eigenvalue weighted by atomic mass is 19.4. The van der Waals surface area contributed by atoms with Crippen molar-refractivity contribution >= 4 is 5.91 Å². The molecule has 0 unspecified atom stereocenters. The Morgan fingerprint density at radius 1 is 1.16 bits per heavy atom. The molecule has 3 heterocycles. The fraction of sp³-hybridized carbons (Fsp3) is 0.375. The predicted octanol–water partition coefficient (Wildman–Crippen LogP) is 2.57. The number of piperidine rings is 1. The maximum absolute atomic E-state index is 12.5. The number of hydrogen-bond donors (Lipinski definition) is 0. The third-order valence-corrected chi connectivity index (χ3v) is 3.87. The molecule has 0 atom stereocenters. The van der Waals surface area contributed by atoms with Crippen molar-refractivity contribution < 1.29 is 22.7 Å². The van der Waals surface area contributed by atoms with Gasteiger partial charge in [0.2, 0.25) is 5.88 Å². The molecule has 0 saturated carbocycles. The lowest BCUT2D eigenvalue weighted by atomic mass is 10.1. The summed E-state index contributed by atoms with van der Waals surface area (Å²) in [6.07, 6.45) is 0.592. The third kappa shape index (κ3) is 4.23. The smallest absolute Gasteiger partial charge is 0.433 e. The van der Waals surface area contributed by atoms with E-state index in [9.17, 15) is 18.0 Å². The summed E-state index contributed by atoms with van der Waals surface area (Å²) in [6, 6.07) is 3.63. The van der Waals surface area contributed by atoms with Gasteiger partial charge >= 0.3 is 6.18 Å². The summed E-state index contributed by atoms with van der Waals surface area (Å²) in [7, 11) is 0. The summed E-state index contributed by atoms with van der Waals surface area (Å²) in [6.45, 7) is 0.908. The average Bonchev–Trinajstić information content (AvgIpc) is 2.62. The second kappa shape index (κ2) is 7.04. The van der Waals surface area contributed by atoms with Crippen molar-refractivity contribution in [2.24, 2.45) is 0 Å². The van der Waals surface area contributed by atoms with Gasteiger partial charge in [0.1, 0.15) is 18.1 Å². The van der Waals surface area contributed by atoms with Gasteiger partial charge < -0.3 is 9.64 Å². The van der Waals surface area contributed by atoms with E-state index in [1.54, 1.807) is 17.2 Å². The number of carbonyl (C=O) groups is 1. The standard InChI is InChI=1S/C16H15F3N4O2/c17-16(18,19)13-2-1-11(9-21-13)15(24)23-7-4-12(5-8-23)25-14-3-6-20-10-22-14/h1-3,6,9-10,12H,4-5,7-8H2. The van der Waals surface area contributed by atoms with Crippen molar-refractivity contribution in [3.63, 3.8) is 0 Å². The molecule has 1 aliphatic heterocycles. The van der Waals surface area contributed by atoms with Gasteiger partial charge in [0.05, 0.1) is 5.56 Å². The molecule has 3 rings (SSSR count). The number of rotatable bonds is 3. The van der Waals surface area contributed by atoms with Gasteiger partial charge in [0, 0.05) is 44.4 Å². The SMILES string of the molecule is O=C(c1ccc(C(F)(F)F)nc1)N1CCC(Oc2ccncn2)CC1. The molecule has 1 saturated heterocycles. The van der Waals surface area contributed by atoms with Crippen LogP contribution in [0.25, 0.3) is 0 Å². The summed E-state index contributed by atoms with van der Waals surface area (Å²) in [5, 5.41) is 0. The van der Waals surface area contributed by atoms with Crippen LogP contribution >= 0.6 is 0 Å². The van der Waals surface area contributed by atoms with Crippen LogP contribution in [0.4, 0.5) is 13.2 Å². The van der Waals surface area contributed by atoms with Gasteiger partial charge in [-0.1, -0.05) is 0 Å². The van der Waals surface area contributed by atoms with E-state index in [0.717, 1.165) is 18.3 Å². The first-order valence-corrected chi connectivity index (χ1v) is 7.68. The summed E-state index contributed by atoms with van der Waals surface area (Å²) >= 11 is 0. The monoisotopic (exact) mass is 352 g/mol. The Bertz CT molecular complexity index is 714. The van der Waals surface area contributed by atoms with Gasteiger partial charge in [0.15, 0.2) is 0 Å². The van der Waals surface area contributed by atoms with Crippen molar-refractivity contribution in [1.82, 2.24) is 19.9 Å². The molecule has 1 fully saturated rings. The summed E-state index contributed by atoms with van der Waals surface area (Å²) in [5.41, 5.74) is -0.871. The van der Waals surface area contributed by atoms with E-state index in [2.05, 4.69) is 15.0 Å². The molecule has 1 aliphatic rings. The van der Waals surface area contributed by atoms with E-state index in [4.69, 9.17) is 4.74 Å². The maximum atomic E-state index is 12.5. The molecule has 132 valence electrons. The minimum Gasteiger partial charge on any atom is -0.474 e. The summed E-state index contributed by atoms with van der Waals surface area (Å²) < 4.78 is 43.3. The van der Waals surface area contributed by atoms with Crippen molar-refractivity contribution in [3.05, 3.63) is 48.2 Å². The van der Waals surface area contributed by atoms with Gasteiger partial charge in [-0.05, 0) is 12.1 Å². The van der Waals surface area contributed by atoms with Crippen molar-refractivity contribution in [3.8, 4) is 5.88 Å². The van der Waals surface area contributed by atoms with Crippen LogP contribution in [-0.2, 0) is 6.18 Å². The first-order chi connectivity index (χ1) is 11.9. The van der Waals surface area contributed by atoms with Crippen LogP contribution in [0, 0.1) is 0 Å². The van der Waals surface area contributed by atoms with Gasteiger partial charge in [-0.25, -0.2) is 9.97 Å². The topological polar surface area (TPSA) is 68.2 Å². The number of aromatic nitrogens is 3. The highest BCUT2D eigenvalue weighted by molar-refractivity contribution is 5.94. The molecular weight excluding hydrogens is 337 g/mol. The number of ether oxygens (including phenoxy) is 1. The lowest BCUT2D eigenvalue weighted by Crippen LogP contribution is -2.41. The molecule has 0 radical (unpaired) electrons. The Morgan fingerprint density at radius 3 is 2.48 bits per heavy atom. The lowest BCUT2D eigenvalue weighted by Gasteiger charge is -2.31. The van der Waals surface area contributed by atoms with Crippen molar-refractivity contribution in [2.75, 3.05) is 13.1 Å². The predicted molar refractivity (Wildman–Crippen MR) is 80.8 cm³/mol. The zero-order valence-electron chi connectivity index (χ0n) is 13.1. The van der Waals surface area contributed by atoms with E-state index in [-0.39, 0.29) is 17.6 Å². The van der Waals surface area contributed by atoms with Gasteiger partial charge in [-0.15, -0.1) is 0 Å². The van der Waals surface area contributed by atoms with E-state index >= 15 is 0 Å². The largest absolute Gasteiger partial charge is 0.474 e. The second-order valence-corrected chi connectivity index (χ2v) is 5.59. The van der Waals surface area contributed by atoms with Crippen molar-refractivity contribution in [2.45, 2.75) is 25.1 Å². The average molecular weight is 352 g/mol. The molecule has 0 aromatic carbocycles. The molecule has 6 nitrogen and oxygen atoms in total. The Labute approximate surface area is 141 Å². The molecule has 0 N–H and O–H groups in total. The molecule has 0 aliphatic carbocycles. The van der Waals surface area contributed by atoms with E-state index in [0.29, 0.717) is 31.8 Å². The number of halogens is 3.